The molecule has 6 heteroatoms. The normalized spacial score (nSPS) is 36.5. The third-order valence-electron chi connectivity index (χ3n) is 6.32. The maximum atomic E-state index is 13.1. The van der Waals surface area contributed by atoms with E-state index in [1.807, 2.05) is 4.90 Å². The molecular formula is C18H30N2O3S. The van der Waals surface area contributed by atoms with Gasteiger partial charge in [0.2, 0.25) is 15.9 Å². The number of amides is 1. The summed E-state index contributed by atoms with van der Waals surface area (Å²) in [7, 11) is -3.38. The van der Waals surface area contributed by atoms with Crippen LogP contribution < -0.4 is 4.72 Å². The molecule has 1 aliphatic heterocycles. The Bertz CT molecular complexity index is 589. The molecule has 2 aliphatic carbocycles. The van der Waals surface area contributed by atoms with Crippen molar-refractivity contribution in [2.45, 2.75) is 45.4 Å². The molecule has 5 nitrogen and oxygen atoms in total. The summed E-state index contributed by atoms with van der Waals surface area (Å²) in [6.45, 7) is 7.45. The molecule has 2 saturated carbocycles. The number of piperidine rings is 1. The van der Waals surface area contributed by atoms with Crippen molar-refractivity contribution >= 4 is 15.9 Å². The highest BCUT2D eigenvalue weighted by Crippen LogP contribution is 2.48. The molecule has 3 fully saturated rings. The van der Waals surface area contributed by atoms with Crippen LogP contribution in [0.4, 0.5) is 0 Å². The van der Waals surface area contributed by atoms with Crippen LogP contribution in [0.25, 0.3) is 0 Å². The zero-order valence-electron chi connectivity index (χ0n) is 14.6. The lowest BCUT2D eigenvalue weighted by molar-refractivity contribution is -0.142. The van der Waals surface area contributed by atoms with Crippen molar-refractivity contribution in [1.29, 1.82) is 0 Å². The van der Waals surface area contributed by atoms with Gasteiger partial charge in [-0.1, -0.05) is 19.9 Å². The topological polar surface area (TPSA) is 66.5 Å². The minimum Gasteiger partial charge on any atom is -0.342 e. The second-order valence-electron chi connectivity index (χ2n) is 8.03. The van der Waals surface area contributed by atoms with Crippen molar-refractivity contribution in [3.05, 3.63) is 12.0 Å². The van der Waals surface area contributed by atoms with Crippen molar-refractivity contribution < 1.29 is 13.2 Å². The average Bonchev–Trinajstić information content (AvgIpc) is 2.95. The first-order valence-electron chi connectivity index (χ1n) is 9.30. The first-order valence-corrected chi connectivity index (χ1v) is 10.8. The van der Waals surface area contributed by atoms with E-state index in [1.54, 1.807) is 0 Å². The van der Waals surface area contributed by atoms with Gasteiger partial charge >= 0.3 is 0 Å². The molecule has 0 aromatic heterocycles. The van der Waals surface area contributed by atoms with Crippen LogP contribution in [0.15, 0.2) is 12.0 Å². The van der Waals surface area contributed by atoms with Gasteiger partial charge in [0.1, 0.15) is 0 Å². The third kappa shape index (κ3) is 3.85. The molecule has 1 N–H and O–H groups in total. The van der Waals surface area contributed by atoms with Crippen LogP contribution in [0.3, 0.4) is 0 Å². The van der Waals surface area contributed by atoms with Gasteiger partial charge < -0.3 is 4.90 Å². The van der Waals surface area contributed by atoms with Crippen LogP contribution >= 0.6 is 0 Å². The first-order chi connectivity index (χ1) is 11.4. The van der Waals surface area contributed by atoms with Crippen LogP contribution in [-0.2, 0) is 14.8 Å². The van der Waals surface area contributed by atoms with Gasteiger partial charge in [-0.25, -0.2) is 13.1 Å². The molecule has 0 spiro atoms. The lowest BCUT2D eigenvalue weighted by Crippen LogP contribution is -2.48. The van der Waals surface area contributed by atoms with Crippen LogP contribution in [0.1, 0.15) is 45.4 Å². The largest absolute Gasteiger partial charge is 0.342 e. The van der Waals surface area contributed by atoms with Gasteiger partial charge in [-0.15, -0.1) is 0 Å². The van der Waals surface area contributed by atoms with Gasteiger partial charge in [0.05, 0.1) is 0 Å². The first kappa shape index (κ1) is 17.9. The minimum atomic E-state index is -3.38. The number of hydrogen-bond acceptors (Lipinski definition) is 3. The van der Waals surface area contributed by atoms with Gasteiger partial charge in [0, 0.05) is 31.0 Å². The highest BCUT2D eigenvalue weighted by Gasteiger charge is 2.45. The fraction of sp³-hybridized carbons (Fsp3) is 0.833. The Kier molecular flexibility index (Phi) is 5.35. The van der Waals surface area contributed by atoms with Crippen molar-refractivity contribution in [1.82, 2.24) is 9.62 Å². The van der Waals surface area contributed by atoms with Crippen molar-refractivity contribution in [2.75, 3.05) is 19.6 Å². The van der Waals surface area contributed by atoms with E-state index in [4.69, 9.17) is 0 Å². The predicted octanol–water partition coefficient (Wildman–Crippen LogP) is 2.36. The Morgan fingerprint density at radius 1 is 1.29 bits per heavy atom. The molecule has 1 amide bonds. The Labute approximate surface area is 145 Å². The number of nitrogens with one attached hydrogen (secondary N) is 1. The maximum Gasteiger partial charge on any atom is 0.233 e. The summed E-state index contributed by atoms with van der Waals surface area (Å²) in [6, 6.07) is 0. The zero-order valence-corrected chi connectivity index (χ0v) is 15.4. The van der Waals surface area contributed by atoms with Gasteiger partial charge in [-0.05, 0) is 55.8 Å². The number of rotatable bonds is 5. The Hall–Kier alpha value is -0.880. The van der Waals surface area contributed by atoms with E-state index in [0.29, 0.717) is 30.8 Å². The van der Waals surface area contributed by atoms with Crippen LogP contribution in [-0.4, -0.2) is 38.9 Å². The number of carbonyl (C=O) groups excluding carboxylic acids is 1. The molecule has 0 aromatic carbocycles. The van der Waals surface area contributed by atoms with E-state index in [2.05, 4.69) is 18.2 Å². The van der Waals surface area contributed by atoms with Gasteiger partial charge in [0.25, 0.3) is 0 Å². The van der Waals surface area contributed by atoms with Crippen LogP contribution in [0.2, 0.25) is 0 Å². The van der Waals surface area contributed by atoms with Gasteiger partial charge in [-0.2, -0.15) is 0 Å². The summed E-state index contributed by atoms with van der Waals surface area (Å²) in [5, 5.41) is 0.943. The Morgan fingerprint density at radius 2 is 2.08 bits per heavy atom. The number of nitrogens with zero attached hydrogens (tertiary/aromatic N) is 1. The summed E-state index contributed by atoms with van der Waals surface area (Å²) in [5.41, 5.74) is 0. The quantitative estimate of drug-likeness (QED) is 0.824. The second-order valence-corrected chi connectivity index (χ2v) is 9.74. The fourth-order valence-corrected chi connectivity index (χ4v) is 5.76. The van der Waals surface area contributed by atoms with E-state index < -0.39 is 10.0 Å². The SMILES string of the molecule is C=CS(=O)(=O)NC[C@H]1CCCN(C(=O)C2C(C)C[C@@H]3CC[C@@H]2C3)C1. The molecule has 2 unspecified atom stereocenters. The minimum absolute atomic E-state index is 0.187. The molecule has 24 heavy (non-hydrogen) atoms. The van der Waals surface area contributed by atoms with Crippen LogP contribution in [0, 0.1) is 29.6 Å². The summed E-state index contributed by atoms with van der Waals surface area (Å²) in [6.07, 6.45) is 6.86. The molecule has 0 aromatic rings. The fourth-order valence-electron chi connectivity index (χ4n) is 5.17. The average molecular weight is 355 g/mol. The smallest absolute Gasteiger partial charge is 0.233 e. The highest BCUT2D eigenvalue weighted by molar-refractivity contribution is 7.92. The number of sulfonamides is 1. The zero-order chi connectivity index (χ0) is 17.3. The van der Waals surface area contributed by atoms with E-state index in [0.717, 1.165) is 30.7 Å². The van der Waals surface area contributed by atoms with Gasteiger partial charge in [0.15, 0.2) is 0 Å². The Balaban J connectivity index is 1.59. The Morgan fingerprint density at radius 3 is 2.83 bits per heavy atom. The molecule has 3 aliphatic rings. The van der Waals surface area contributed by atoms with E-state index in [9.17, 15) is 13.2 Å². The van der Waals surface area contributed by atoms with Gasteiger partial charge in [-0.3, -0.25) is 4.79 Å². The standard InChI is InChI=1S/C18H30N2O3S/c1-3-24(22,23)19-11-15-5-4-8-20(12-15)18(21)17-13(2)9-14-6-7-16(17)10-14/h3,13-17,19H,1,4-12H2,2H3/t13?,14-,15+,16+,17?/m0/s1. The van der Waals surface area contributed by atoms with Crippen molar-refractivity contribution in [3.8, 4) is 0 Å². The molecule has 0 radical (unpaired) electrons. The van der Waals surface area contributed by atoms with E-state index >= 15 is 0 Å². The van der Waals surface area contributed by atoms with E-state index in [1.165, 1.54) is 25.7 Å². The molecular weight excluding hydrogens is 324 g/mol. The molecule has 1 saturated heterocycles. The number of fused-ring (bicyclic) bond motifs is 2. The number of hydrogen-bond donors (Lipinski definition) is 1. The van der Waals surface area contributed by atoms with Crippen molar-refractivity contribution in [3.63, 3.8) is 0 Å². The molecule has 136 valence electrons. The predicted molar refractivity (Wildman–Crippen MR) is 94.5 cm³/mol. The summed E-state index contributed by atoms with van der Waals surface area (Å²) in [4.78, 5) is 15.1. The maximum absolute atomic E-state index is 13.1. The molecule has 2 bridgehead atoms. The summed E-state index contributed by atoms with van der Waals surface area (Å²) in [5.74, 6) is 2.62. The lowest BCUT2D eigenvalue weighted by atomic mass is 9.72. The number of carbonyl (C=O) groups is 1. The second kappa shape index (κ2) is 7.16. The highest BCUT2D eigenvalue weighted by atomic mass is 32.2. The number of likely N-dealkylation sites (tertiary alicyclic amines) is 1. The summed E-state index contributed by atoms with van der Waals surface area (Å²) >= 11 is 0. The van der Waals surface area contributed by atoms with Crippen molar-refractivity contribution in [2.24, 2.45) is 29.6 Å². The van der Waals surface area contributed by atoms with Crippen LogP contribution in [0.5, 0.6) is 0 Å². The molecule has 1 heterocycles. The monoisotopic (exact) mass is 354 g/mol. The summed E-state index contributed by atoms with van der Waals surface area (Å²) < 4.78 is 25.6. The molecule has 5 atom stereocenters. The lowest BCUT2D eigenvalue weighted by Gasteiger charge is -2.40. The van der Waals surface area contributed by atoms with E-state index in [-0.39, 0.29) is 11.8 Å². The third-order valence-corrected chi connectivity index (χ3v) is 7.32. The molecule has 3 rings (SSSR count).